The highest BCUT2D eigenvalue weighted by Crippen LogP contribution is 2.38. The quantitative estimate of drug-likeness (QED) is 0.821. The molecule has 1 atom stereocenters. The van der Waals surface area contributed by atoms with Crippen LogP contribution >= 0.6 is 23.4 Å². The second-order valence-corrected chi connectivity index (χ2v) is 7.39. The molecule has 0 aromatic heterocycles. The first-order chi connectivity index (χ1) is 12.4. The molecule has 3 rings (SSSR count). The monoisotopic (exact) mass is 392 g/mol. The summed E-state index contributed by atoms with van der Waals surface area (Å²) in [4.78, 5) is 25.4. The van der Waals surface area contributed by atoms with E-state index in [1.807, 2.05) is 13.0 Å². The van der Waals surface area contributed by atoms with Gasteiger partial charge < -0.3 is 20.1 Å². The van der Waals surface area contributed by atoms with E-state index in [1.165, 1.54) is 26.0 Å². The van der Waals surface area contributed by atoms with E-state index < -0.39 is 0 Å². The molecule has 8 heteroatoms. The van der Waals surface area contributed by atoms with Crippen molar-refractivity contribution < 1.29 is 19.1 Å². The molecular formula is C18H17ClN2O4S. The van der Waals surface area contributed by atoms with Gasteiger partial charge >= 0.3 is 0 Å². The first-order valence-corrected chi connectivity index (χ1v) is 9.03. The minimum atomic E-state index is -0.339. The van der Waals surface area contributed by atoms with Gasteiger partial charge in [0.1, 0.15) is 11.5 Å². The van der Waals surface area contributed by atoms with Gasteiger partial charge in [-0.2, -0.15) is 0 Å². The summed E-state index contributed by atoms with van der Waals surface area (Å²) < 4.78 is 10.4. The largest absolute Gasteiger partial charge is 0.495 e. The number of benzene rings is 2. The van der Waals surface area contributed by atoms with Crippen LogP contribution in [-0.2, 0) is 4.79 Å². The number of thioether (sulfide) groups is 1. The summed E-state index contributed by atoms with van der Waals surface area (Å²) in [7, 11) is 2.98. The Morgan fingerprint density at radius 1 is 1.19 bits per heavy atom. The Bertz CT molecular complexity index is 888. The van der Waals surface area contributed by atoms with E-state index in [0.29, 0.717) is 33.5 Å². The number of hydrogen-bond donors (Lipinski definition) is 2. The average Bonchev–Trinajstić information content (AvgIpc) is 2.63. The van der Waals surface area contributed by atoms with Gasteiger partial charge in [0.25, 0.3) is 5.91 Å². The van der Waals surface area contributed by atoms with Crippen LogP contribution in [0.1, 0.15) is 17.3 Å². The van der Waals surface area contributed by atoms with Gasteiger partial charge in [0.05, 0.1) is 35.9 Å². The third-order valence-corrected chi connectivity index (χ3v) is 5.37. The zero-order valence-corrected chi connectivity index (χ0v) is 16.0. The topological polar surface area (TPSA) is 76.7 Å². The summed E-state index contributed by atoms with van der Waals surface area (Å²) in [6.45, 7) is 1.84. The Kier molecular flexibility index (Phi) is 5.29. The maximum Gasteiger partial charge on any atom is 0.255 e. The molecule has 0 aliphatic carbocycles. The van der Waals surface area contributed by atoms with Gasteiger partial charge in [-0.25, -0.2) is 0 Å². The molecule has 0 unspecified atom stereocenters. The molecule has 6 nitrogen and oxygen atoms in total. The Morgan fingerprint density at radius 3 is 2.62 bits per heavy atom. The van der Waals surface area contributed by atoms with Crippen molar-refractivity contribution >= 4 is 46.6 Å². The fourth-order valence-electron chi connectivity index (χ4n) is 2.50. The lowest BCUT2D eigenvalue weighted by Crippen LogP contribution is -2.26. The van der Waals surface area contributed by atoms with Crippen LogP contribution in [0.5, 0.6) is 11.5 Å². The van der Waals surface area contributed by atoms with Crippen molar-refractivity contribution in [2.24, 2.45) is 0 Å². The number of carbonyl (C=O) groups is 2. The number of nitrogens with one attached hydrogen (secondary N) is 2. The van der Waals surface area contributed by atoms with Gasteiger partial charge in [-0.15, -0.1) is 11.8 Å². The molecule has 2 aromatic carbocycles. The molecule has 136 valence electrons. The second-order valence-electron chi connectivity index (χ2n) is 5.60. The van der Waals surface area contributed by atoms with Gasteiger partial charge in [-0.05, 0) is 25.1 Å². The molecule has 1 aliphatic rings. The van der Waals surface area contributed by atoms with E-state index in [2.05, 4.69) is 10.6 Å². The lowest BCUT2D eigenvalue weighted by Gasteiger charge is -2.21. The highest BCUT2D eigenvalue weighted by molar-refractivity contribution is 8.00. The molecule has 2 aromatic rings. The van der Waals surface area contributed by atoms with Gasteiger partial charge in [-0.1, -0.05) is 11.6 Å². The first kappa shape index (κ1) is 18.4. The lowest BCUT2D eigenvalue weighted by atomic mass is 10.1. The number of anilines is 2. The molecule has 0 spiro atoms. The smallest absolute Gasteiger partial charge is 0.255 e. The SMILES string of the molecule is COc1cc(NC(=O)c2ccc3c(c2)NC(=O)[C@@H](C)S3)c(OC)cc1Cl. The molecule has 1 aliphatic heterocycles. The maximum absolute atomic E-state index is 12.6. The molecule has 2 N–H and O–H groups in total. The van der Waals surface area contributed by atoms with Crippen LogP contribution in [0.25, 0.3) is 0 Å². The Morgan fingerprint density at radius 2 is 1.92 bits per heavy atom. The van der Waals surface area contributed by atoms with Gasteiger partial charge in [-0.3, -0.25) is 9.59 Å². The summed E-state index contributed by atoms with van der Waals surface area (Å²) in [5.41, 5.74) is 1.48. The lowest BCUT2D eigenvalue weighted by molar-refractivity contribution is -0.115. The molecule has 0 saturated heterocycles. The number of methoxy groups -OCH3 is 2. The number of amides is 2. The molecule has 0 fully saturated rings. The van der Waals surface area contributed by atoms with Crippen molar-refractivity contribution in [3.63, 3.8) is 0 Å². The summed E-state index contributed by atoms with van der Waals surface area (Å²) >= 11 is 7.54. The van der Waals surface area contributed by atoms with Crippen LogP contribution in [0.4, 0.5) is 11.4 Å². The minimum Gasteiger partial charge on any atom is -0.495 e. The van der Waals surface area contributed by atoms with E-state index in [9.17, 15) is 9.59 Å². The molecule has 0 radical (unpaired) electrons. The van der Waals surface area contributed by atoms with Crippen LogP contribution in [0.2, 0.25) is 5.02 Å². The van der Waals surface area contributed by atoms with Crippen molar-refractivity contribution in [3.05, 3.63) is 40.9 Å². The molecule has 0 saturated carbocycles. The number of rotatable bonds is 4. The number of ether oxygens (including phenoxy) is 2. The zero-order valence-electron chi connectivity index (χ0n) is 14.4. The van der Waals surface area contributed by atoms with E-state index in [1.54, 1.807) is 24.3 Å². The predicted molar refractivity (Wildman–Crippen MR) is 103 cm³/mol. The van der Waals surface area contributed by atoms with Crippen LogP contribution in [0.15, 0.2) is 35.2 Å². The molecule has 2 amide bonds. The Hall–Kier alpha value is -2.38. The molecule has 1 heterocycles. The number of carbonyl (C=O) groups excluding carboxylic acids is 2. The average molecular weight is 393 g/mol. The van der Waals surface area contributed by atoms with E-state index in [0.717, 1.165) is 4.90 Å². The summed E-state index contributed by atoms with van der Waals surface area (Å²) in [5.74, 6) is 0.420. The molecule has 0 bridgehead atoms. The second kappa shape index (κ2) is 7.47. The third kappa shape index (κ3) is 3.59. The Labute approximate surface area is 160 Å². The Balaban J connectivity index is 1.87. The van der Waals surface area contributed by atoms with Crippen molar-refractivity contribution in [1.29, 1.82) is 0 Å². The fraction of sp³-hybridized carbons (Fsp3) is 0.222. The highest BCUT2D eigenvalue weighted by atomic mass is 35.5. The minimum absolute atomic E-state index is 0.0795. The van der Waals surface area contributed by atoms with Crippen molar-refractivity contribution in [2.75, 3.05) is 24.9 Å². The molecule has 26 heavy (non-hydrogen) atoms. The van der Waals surface area contributed by atoms with E-state index in [4.69, 9.17) is 21.1 Å². The normalized spacial score (nSPS) is 15.7. The number of hydrogen-bond acceptors (Lipinski definition) is 5. The van der Waals surface area contributed by atoms with Crippen LogP contribution in [0.3, 0.4) is 0 Å². The summed E-state index contributed by atoms with van der Waals surface area (Å²) in [6.07, 6.45) is 0. The van der Waals surface area contributed by atoms with E-state index in [-0.39, 0.29) is 17.1 Å². The predicted octanol–water partition coefficient (Wildman–Crippen LogP) is 4.04. The number of fused-ring (bicyclic) bond motifs is 1. The van der Waals surface area contributed by atoms with Crippen molar-refractivity contribution in [3.8, 4) is 11.5 Å². The van der Waals surface area contributed by atoms with Gasteiger partial charge in [0, 0.05) is 22.6 Å². The summed E-state index contributed by atoms with van der Waals surface area (Å²) in [6, 6.07) is 8.36. The molecular weight excluding hydrogens is 376 g/mol. The van der Waals surface area contributed by atoms with Crippen LogP contribution < -0.4 is 20.1 Å². The number of halogens is 1. The van der Waals surface area contributed by atoms with Gasteiger partial charge in [0.2, 0.25) is 5.91 Å². The van der Waals surface area contributed by atoms with Crippen LogP contribution in [-0.4, -0.2) is 31.3 Å². The zero-order chi connectivity index (χ0) is 18.8. The first-order valence-electron chi connectivity index (χ1n) is 7.77. The highest BCUT2D eigenvalue weighted by Gasteiger charge is 2.24. The third-order valence-electron chi connectivity index (χ3n) is 3.89. The fourth-order valence-corrected chi connectivity index (χ4v) is 3.66. The van der Waals surface area contributed by atoms with Crippen LogP contribution in [0, 0.1) is 0 Å². The summed E-state index contributed by atoms with van der Waals surface area (Å²) in [5, 5.41) is 5.82. The maximum atomic E-state index is 12.6. The van der Waals surface area contributed by atoms with Gasteiger partial charge in [0.15, 0.2) is 0 Å². The van der Waals surface area contributed by atoms with Crippen molar-refractivity contribution in [2.45, 2.75) is 17.1 Å². The van der Waals surface area contributed by atoms with E-state index >= 15 is 0 Å². The van der Waals surface area contributed by atoms with Crippen molar-refractivity contribution in [1.82, 2.24) is 0 Å². The standard InChI is InChI=1S/C18H17ClN2O4S/c1-9-17(22)21-13-6-10(4-5-16(13)26-9)18(23)20-12-8-14(24-2)11(19)7-15(12)25-3/h4-9H,1-3H3,(H,20,23)(H,21,22)/t9-/m1/s1.